The fourth-order valence-corrected chi connectivity index (χ4v) is 3.41. The molecule has 0 spiro atoms. The summed E-state index contributed by atoms with van der Waals surface area (Å²) in [6, 6.07) is 9.54. The summed E-state index contributed by atoms with van der Waals surface area (Å²) in [6.45, 7) is 6.62. The zero-order chi connectivity index (χ0) is 23.5. The van der Waals surface area contributed by atoms with E-state index in [1.807, 2.05) is 19.9 Å². The van der Waals surface area contributed by atoms with Crippen molar-refractivity contribution in [2.75, 3.05) is 20.3 Å². The van der Waals surface area contributed by atoms with Crippen molar-refractivity contribution in [1.82, 2.24) is 10.7 Å². The molecule has 0 saturated heterocycles. The van der Waals surface area contributed by atoms with Crippen LogP contribution in [0.3, 0.4) is 0 Å². The monoisotopic (exact) mass is 553 g/mol. The van der Waals surface area contributed by atoms with Gasteiger partial charge in [0.25, 0.3) is 11.8 Å². The Balaban J connectivity index is 1.98. The number of rotatable bonds is 11. The van der Waals surface area contributed by atoms with Gasteiger partial charge in [0.2, 0.25) is 0 Å². The van der Waals surface area contributed by atoms with Gasteiger partial charge in [-0.2, -0.15) is 5.10 Å². The van der Waals surface area contributed by atoms with Gasteiger partial charge in [0, 0.05) is 5.56 Å². The minimum absolute atomic E-state index is 0.363. The molecule has 32 heavy (non-hydrogen) atoms. The Bertz CT molecular complexity index is 947. The zero-order valence-corrected chi connectivity index (χ0v) is 20.8. The van der Waals surface area contributed by atoms with Crippen LogP contribution in [-0.4, -0.2) is 44.4 Å². The second kappa shape index (κ2) is 12.9. The zero-order valence-electron chi connectivity index (χ0n) is 18.6. The smallest absolute Gasteiger partial charge is 0.262 e. The Morgan fingerprint density at radius 3 is 2.50 bits per heavy atom. The van der Waals surface area contributed by atoms with Gasteiger partial charge >= 0.3 is 0 Å². The van der Waals surface area contributed by atoms with E-state index < -0.39 is 11.9 Å². The molecule has 0 fully saturated rings. The molecule has 0 aliphatic heterocycles. The highest BCUT2D eigenvalue weighted by atomic mass is 127. The first-order valence-corrected chi connectivity index (χ1v) is 11.3. The van der Waals surface area contributed by atoms with Crippen LogP contribution in [0.2, 0.25) is 0 Å². The first kappa shape index (κ1) is 25.4. The van der Waals surface area contributed by atoms with E-state index in [2.05, 4.69) is 38.4 Å². The number of methoxy groups -OCH3 is 1. The Morgan fingerprint density at radius 1 is 1.16 bits per heavy atom. The highest BCUT2D eigenvalue weighted by Gasteiger charge is 2.16. The molecule has 0 saturated carbocycles. The van der Waals surface area contributed by atoms with E-state index in [9.17, 15) is 9.59 Å². The third-order valence-electron chi connectivity index (χ3n) is 4.26. The first-order valence-electron chi connectivity index (χ1n) is 10.3. The minimum Gasteiger partial charge on any atom is -0.497 e. The van der Waals surface area contributed by atoms with Crippen LogP contribution >= 0.6 is 22.6 Å². The summed E-state index contributed by atoms with van der Waals surface area (Å²) in [6.07, 6.45) is 2.41. The predicted molar refractivity (Wildman–Crippen MR) is 132 cm³/mol. The van der Waals surface area contributed by atoms with Crippen LogP contribution in [0.4, 0.5) is 0 Å². The molecule has 172 valence electrons. The number of hydrogen-bond donors (Lipinski definition) is 2. The summed E-state index contributed by atoms with van der Waals surface area (Å²) in [5.41, 5.74) is 3.62. The van der Waals surface area contributed by atoms with Crippen molar-refractivity contribution >= 4 is 40.6 Å². The van der Waals surface area contributed by atoms with Crippen LogP contribution in [0.15, 0.2) is 41.5 Å². The van der Waals surface area contributed by atoms with E-state index in [0.717, 1.165) is 15.6 Å². The van der Waals surface area contributed by atoms with E-state index in [-0.39, 0.29) is 5.91 Å². The minimum atomic E-state index is -0.773. The lowest BCUT2D eigenvalue weighted by Crippen LogP contribution is -2.43. The first-order chi connectivity index (χ1) is 15.4. The number of nitrogens with zero attached hydrogens (tertiary/aromatic N) is 1. The van der Waals surface area contributed by atoms with Crippen LogP contribution < -0.4 is 25.0 Å². The van der Waals surface area contributed by atoms with E-state index in [1.165, 1.54) is 6.21 Å². The van der Waals surface area contributed by atoms with Crippen LogP contribution in [0.1, 0.15) is 43.1 Å². The lowest BCUT2D eigenvalue weighted by molar-refractivity contribution is -0.122. The van der Waals surface area contributed by atoms with Gasteiger partial charge in [0.15, 0.2) is 11.5 Å². The Labute approximate surface area is 201 Å². The van der Waals surface area contributed by atoms with Gasteiger partial charge in [0.1, 0.15) is 11.8 Å². The summed E-state index contributed by atoms with van der Waals surface area (Å²) in [5.74, 6) is 1.17. The van der Waals surface area contributed by atoms with Gasteiger partial charge < -0.3 is 19.5 Å². The summed E-state index contributed by atoms with van der Waals surface area (Å²) < 4.78 is 17.4. The molecule has 2 aromatic carbocycles. The lowest BCUT2D eigenvalue weighted by Gasteiger charge is -2.14. The maximum Gasteiger partial charge on any atom is 0.262 e. The van der Waals surface area contributed by atoms with Crippen molar-refractivity contribution in [2.45, 2.75) is 33.2 Å². The number of benzene rings is 2. The maximum absolute atomic E-state index is 12.3. The highest BCUT2D eigenvalue weighted by Crippen LogP contribution is 2.34. The molecule has 0 aliphatic rings. The summed E-state index contributed by atoms with van der Waals surface area (Å²) in [4.78, 5) is 24.6. The SMILES string of the molecule is CCCOc1c(I)cc(C=NNC(=O)C(C)NC(=O)c2ccc(OC)cc2)cc1OCC. The number of carbonyl (C=O) groups excluding carboxylic acids is 2. The highest BCUT2D eigenvalue weighted by molar-refractivity contribution is 14.1. The molecule has 1 unspecified atom stereocenters. The molecule has 2 N–H and O–H groups in total. The molecule has 8 nitrogen and oxygen atoms in total. The van der Waals surface area contributed by atoms with Crippen molar-refractivity contribution in [3.63, 3.8) is 0 Å². The fourth-order valence-electron chi connectivity index (χ4n) is 2.62. The lowest BCUT2D eigenvalue weighted by atomic mass is 10.2. The maximum atomic E-state index is 12.3. The van der Waals surface area contributed by atoms with Crippen molar-refractivity contribution in [3.8, 4) is 17.2 Å². The van der Waals surface area contributed by atoms with Crippen LogP contribution in [0.5, 0.6) is 17.2 Å². The van der Waals surface area contributed by atoms with E-state index in [4.69, 9.17) is 14.2 Å². The normalized spacial score (nSPS) is 11.7. The molecule has 2 amide bonds. The molecule has 1 atom stereocenters. The van der Waals surface area contributed by atoms with E-state index >= 15 is 0 Å². The number of amides is 2. The Hall–Kier alpha value is -2.82. The van der Waals surface area contributed by atoms with Gasteiger partial charge in [-0.3, -0.25) is 9.59 Å². The second-order valence-electron chi connectivity index (χ2n) is 6.77. The molecule has 0 heterocycles. The van der Waals surface area contributed by atoms with Gasteiger partial charge in [0.05, 0.1) is 30.1 Å². The number of nitrogens with one attached hydrogen (secondary N) is 2. The Kier molecular flexibility index (Phi) is 10.3. The third kappa shape index (κ3) is 7.40. The number of hydrogen-bond acceptors (Lipinski definition) is 6. The van der Waals surface area contributed by atoms with Gasteiger partial charge in [-0.25, -0.2) is 5.43 Å². The van der Waals surface area contributed by atoms with Crippen LogP contribution in [-0.2, 0) is 4.79 Å². The fraction of sp³-hybridized carbons (Fsp3) is 0.348. The number of hydrazone groups is 1. The molecule has 0 bridgehead atoms. The second-order valence-corrected chi connectivity index (χ2v) is 7.93. The largest absolute Gasteiger partial charge is 0.497 e. The molecule has 2 rings (SSSR count). The molecule has 2 aromatic rings. The number of ether oxygens (including phenoxy) is 3. The average Bonchev–Trinajstić information content (AvgIpc) is 2.78. The molecular weight excluding hydrogens is 525 g/mol. The topological polar surface area (TPSA) is 98.2 Å². The predicted octanol–water partition coefficient (Wildman–Crippen LogP) is 3.76. The van der Waals surface area contributed by atoms with Gasteiger partial charge in [-0.05, 0) is 84.8 Å². The van der Waals surface area contributed by atoms with Crippen molar-refractivity contribution in [3.05, 3.63) is 51.1 Å². The summed E-state index contributed by atoms with van der Waals surface area (Å²) in [7, 11) is 1.55. The third-order valence-corrected chi connectivity index (χ3v) is 5.06. The molecule has 0 aliphatic carbocycles. The van der Waals surface area contributed by atoms with E-state index in [0.29, 0.717) is 36.0 Å². The quantitative estimate of drug-likeness (QED) is 0.251. The summed E-state index contributed by atoms with van der Waals surface area (Å²) in [5, 5.41) is 6.65. The van der Waals surface area contributed by atoms with Crippen molar-refractivity contribution in [2.24, 2.45) is 5.10 Å². The van der Waals surface area contributed by atoms with Crippen molar-refractivity contribution < 1.29 is 23.8 Å². The van der Waals surface area contributed by atoms with E-state index in [1.54, 1.807) is 44.4 Å². The molecule has 0 radical (unpaired) electrons. The molecule has 9 heteroatoms. The summed E-state index contributed by atoms with van der Waals surface area (Å²) >= 11 is 2.18. The van der Waals surface area contributed by atoms with Gasteiger partial charge in [-0.1, -0.05) is 6.92 Å². The molecule has 0 aromatic heterocycles. The van der Waals surface area contributed by atoms with Crippen molar-refractivity contribution in [1.29, 1.82) is 0 Å². The average molecular weight is 553 g/mol. The Morgan fingerprint density at radius 2 is 1.88 bits per heavy atom. The van der Waals surface area contributed by atoms with Crippen LogP contribution in [0.25, 0.3) is 0 Å². The number of halogens is 1. The molecular formula is C23H28IN3O5. The standard InChI is InChI=1S/C23H28IN3O5/c1-5-11-32-21-19(24)12-16(13-20(21)31-6-2)14-25-27-22(28)15(3)26-23(29)17-7-9-18(30-4)10-8-17/h7-10,12-15H,5-6,11H2,1-4H3,(H,26,29)(H,27,28). The van der Waals surface area contributed by atoms with Gasteiger partial charge in [-0.15, -0.1) is 0 Å². The number of carbonyl (C=O) groups is 2. The van der Waals surface area contributed by atoms with Crippen LogP contribution in [0, 0.1) is 3.57 Å².